The number of carbonyl (C=O) groups excluding carboxylic acids is 3. The minimum absolute atomic E-state index is 0.0383. The van der Waals surface area contributed by atoms with Crippen LogP contribution in [0.15, 0.2) is 18.3 Å². The molecule has 1 rings (SSSR count). The molecule has 0 fully saturated rings. The molecule has 0 radical (unpaired) electrons. The van der Waals surface area contributed by atoms with Gasteiger partial charge in [-0.2, -0.15) is 4.90 Å². The van der Waals surface area contributed by atoms with Gasteiger partial charge >= 0.3 is 18.2 Å². The minimum atomic E-state index is -0.901. The first-order valence-electron chi connectivity index (χ1n) is 8.03. The summed E-state index contributed by atoms with van der Waals surface area (Å²) >= 11 is 0. The van der Waals surface area contributed by atoms with E-state index in [0.29, 0.717) is 5.56 Å². The molecule has 0 aliphatic carbocycles. The number of anilines is 1. The van der Waals surface area contributed by atoms with Gasteiger partial charge in [-0.1, -0.05) is 6.07 Å². The van der Waals surface area contributed by atoms with Crippen LogP contribution in [0, 0.1) is 0 Å². The number of nitrogens with two attached hydrogens (primary N) is 1. The molecule has 0 aliphatic rings. The quantitative estimate of drug-likeness (QED) is 0.847. The lowest BCUT2D eigenvalue weighted by Crippen LogP contribution is -2.44. The number of aromatic nitrogens is 1. The maximum atomic E-state index is 12.5. The smallest absolute Gasteiger partial charge is 0.425 e. The summed E-state index contributed by atoms with van der Waals surface area (Å²) in [7, 11) is 0. The number of hydrogen-bond donors (Lipinski definition) is 2. The number of imide groups is 1. The summed E-state index contributed by atoms with van der Waals surface area (Å²) in [4.78, 5) is 40.5. The van der Waals surface area contributed by atoms with Gasteiger partial charge in [-0.05, 0) is 53.2 Å². The SMILES string of the molecule is CC(C)(C)OC(=O)N(C(=O)OC(C)(C)C)c1ccc(CNC(N)=O)cn1. The Labute approximate surface area is 152 Å². The molecule has 0 spiro atoms. The van der Waals surface area contributed by atoms with Crippen molar-refractivity contribution in [1.82, 2.24) is 10.3 Å². The number of ether oxygens (including phenoxy) is 2. The van der Waals surface area contributed by atoms with Crippen LogP contribution in [0.1, 0.15) is 47.1 Å². The van der Waals surface area contributed by atoms with Crippen molar-refractivity contribution in [3.05, 3.63) is 23.9 Å². The van der Waals surface area contributed by atoms with E-state index in [1.54, 1.807) is 47.6 Å². The Kier molecular flexibility index (Phi) is 6.55. The predicted molar refractivity (Wildman–Crippen MR) is 95.6 cm³/mol. The number of primary amides is 1. The molecule has 0 atom stereocenters. The van der Waals surface area contributed by atoms with Crippen LogP contribution in [0.25, 0.3) is 0 Å². The average Bonchev–Trinajstić information content (AvgIpc) is 2.42. The van der Waals surface area contributed by atoms with Crippen molar-refractivity contribution in [3.8, 4) is 0 Å². The zero-order chi connectivity index (χ0) is 20.1. The summed E-state index contributed by atoms with van der Waals surface area (Å²) in [5.41, 5.74) is 4.05. The summed E-state index contributed by atoms with van der Waals surface area (Å²) in [5, 5.41) is 2.42. The van der Waals surface area contributed by atoms with E-state index in [-0.39, 0.29) is 12.4 Å². The first-order chi connectivity index (χ1) is 11.8. The molecule has 0 saturated heterocycles. The second-order valence-electron chi connectivity index (χ2n) is 7.54. The molecular weight excluding hydrogens is 340 g/mol. The van der Waals surface area contributed by atoms with E-state index in [2.05, 4.69) is 10.3 Å². The second-order valence-corrected chi connectivity index (χ2v) is 7.54. The van der Waals surface area contributed by atoms with Gasteiger partial charge in [0.15, 0.2) is 0 Å². The van der Waals surface area contributed by atoms with Crippen LogP contribution in [0.5, 0.6) is 0 Å². The highest BCUT2D eigenvalue weighted by Crippen LogP contribution is 2.20. The Bertz CT molecular complexity index is 631. The molecule has 0 saturated carbocycles. The Balaban J connectivity index is 3.09. The van der Waals surface area contributed by atoms with Crippen LogP contribution in [-0.2, 0) is 16.0 Å². The minimum Gasteiger partial charge on any atom is -0.443 e. The van der Waals surface area contributed by atoms with Crippen molar-refractivity contribution in [3.63, 3.8) is 0 Å². The molecule has 9 nitrogen and oxygen atoms in total. The van der Waals surface area contributed by atoms with Crippen molar-refractivity contribution in [1.29, 1.82) is 0 Å². The number of nitrogens with zero attached hydrogens (tertiary/aromatic N) is 2. The normalized spacial score (nSPS) is 11.5. The van der Waals surface area contributed by atoms with Gasteiger partial charge in [0.2, 0.25) is 0 Å². The van der Waals surface area contributed by atoms with Gasteiger partial charge in [-0.25, -0.2) is 19.4 Å². The van der Waals surface area contributed by atoms with Crippen LogP contribution in [-0.4, -0.2) is 34.4 Å². The zero-order valence-corrected chi connectivity index (χ0v) is 16.0. The van der Waals surface area contributed by atoms with Gasteiger partial charge in [-0.3, -0.25) is 0 Å². The summed E-state index contributed by atoms with van der Waals surface area (Å²) in [6.45, 7) is 10.3. The number of nitrogens with one attached hydrogen (secondary N) is 1. The molecule has 4 amide bonds. The highest BCUT2D eigenvalue weighted by atomic mass is 16.6. The van der Waals surface area contributed by atoms with Gasteiger partial charge in [0.25, 0.3) is 0 Å². The van der Waals surface area contributed by atoms with Crippen LogP contribution < -0.4 is 16.0 Å². The lowest BCUT2D eigenvalue weighted by molar-refractivity contribution is 0.0429. The monoisotopic (exact) mass is 366 g/mol. The highest BCUT2D eigenvalue weighted by Gasteiger charge is 2.33. The van der Waals surface area contributed by atoms with Crippen molar-refractivity contribution in [2.45, 2.75) is 59.3 Å². The van der Waals surface area contributed by atoms with Crippen LogP contribution in [0.2, 0.25) is 0 Å². The molecule has 0 bridgehead atoms. The molecule has 3 N–H and O–H groups in total. The molecular formula is C17H26N4O5. The molecule has 144 valence electrons. The van der Waals surface area contributed by atoms with E-state index in [1.165, 1.54) is 12.3 Å². The Morgan fingerprint density at radius 2 is 1.54 bits per heavy atom. The zero-order valence-electron chi connectivity index (χ0n) is 16.0. The first kappa shape index (κ1) is 21.2. The molecule has 1 aromatic rings. The third-order valence-electron chi connectivity index (χ3n) is 2.66. The van der Waals surface area contributed by atoms with Gasteiger partial charge in [0.05, 0.1) is 0 Å². The van der Waals surface area contributed by atoms with Crippen molar-refractivity contribution in [2.75, 3.05) is 4.90 Å². The van der Waals surface area contributed by atoms with Crippen molar-refractivity contribution >= 4 is 24.0 Å². The molecule has 9 heteroatoms. The maximum Gasteiger partial charge on any atom is 0.425 e. The first-order valence-corrected chi connectivity index (χ1v) is 8.03. The fraction of sp³-hybridized carbons (Fsp3) is 0.529. The third-order valence-corrected chi connectivity index (χ3v) is 2.66. The molecule has 26 heavy (non-hydrogen) atoms. The summed E-state index contributed by atoms with van der Waals surface area (Å²) < 4.78 is 10.5. The van der Waals surface area contributed by atoms with Crippen LogP contribution in [0.3, 0.4) is 0 Å². The number of hydrogen-bond acceptors (Lipinski definition) is 6. The van der Waals surface area contributed by atoms with E-state index < -0.39 is 29.4 Å². The Morgan fingerprint density at radius 3 is 1.88 bits per heavy atom. The lowest BCUT2D eigenvalue weighted by Gasteiger charge is -2.28. The van der Waals surface area contributed by atoms with Gasteiger partial charge < -0.3 is 20.5 Å². The number of amides is 4. The van der Waals surface area contributed by atoms with E-state index in [0.717, 1.165) is 4.90 Å². The van der Waals surface area contributed by atoms with Gasteiger partial charge in [-0.15, -0.1) is 0 Å². The van der Waals surface area contributed by atoms with E-state index in [4.69, 9.17) is 15.2 Å². The van der Waals surface area contributed by atoms with Gasteiger partial charge in [0.1, 0.15) is 17.0 Å². The Morgan fingerprint density at radius 1 is 1.04 bits per heavy atom. The average molecular weight is 366 g/mol. The predicted octanol–water partition coefficient (Wildman–Crippen LogP) is 2.93. The molecule has 0 aliphatic heterocycles. The highest BCUT2D eigenvalue weighted by molar-refractivity contribution is 6.08. The Hall–Kier alpha value is -2.84. The fourth-order valence-corrected chi connectivity index (χ4v) is 1.72. The largest absolute Gasteiger partial charge is 0.443 e. The fourth-order valence-electron chi connectivity index (χ4n) is 1.72. The van der Waals surface area contributed by atoms with E-state index >= 15 is 0 Å². The molecule has 0 aromatic carbocycles. The summed E-state index contributed by atoms with van der Waals surface area (Å²) in [6.07, 6.45) is -0.392. The number of carbonyl (C=O) groups is 3. The van der Waals surface area contributed by atoms with Crippen LogP contribution >= 0.6 is 0 Å². The standard InChI is InChI=1S/C17H26N4O5/c1-16(2,3)25-14(23)21(15(24)26-17(4,5)6)12-8-7-11(9-19-12)10-20-13(18)22/h7-9H,10H2,1-6H3,(H3,18,20,22). The van der Waals surface area contributed by atoms with Crippen molar-refractivity contribution < 1.29 is 23.9 Å². The third kappa shape index (κ3) is 7.37. The lowest BCUT2D eigenvalue weighted by atomic mass is 10.2. The van der Waals surface area contributed by atoms with E-state index in [1.807, 2.05) is 0 Å². The molecule has 1 aromatic heterocycles. The second kappa shape index (κ2) is 8.03. The molecule has 1 heterocycles. The number of rotatable bonds is 3. The number of urea groups is 1. The topological polar surface area (TPSA) is 124 Å². The van der Waals surface area contributed by atoms with Gasteiger partial charge in [0, 0.05) is 12.7 Å². The van der Waals surface area contributed by atoms with Crippen LogP contribution in [0.4, 0.5) is 20.2 Å². The summed E-state index contributed by atoms with van der Waals surface area (Å²) in [6, 6.07) is 2.38. The summed E-state index contributed by atoms with van der Waals surface area (Å²) in [5.74, 6) is 0.0383. The van der Waals surface area contributed by atoms with E-state index in [9.17, 15) is 14.4 Å². The van der Waals surface area contributed by atoms with Crippen molar-refractivity contribution in [2.24, 2.45) is 5.73 Å². The maximum absolute atomic E-state index is 12.5. The number of pyridine rings is 1. The molecule has 0 unspecified atom stereocenters.